The van der Waals surface area contributed by atoms with E-state index in [9.17, 15) is 9.18 Å². The number of hydrogen-bond acceptors (Lipinski definition) is 4. The van der Waals surface area contributed by atoms with Crippen molar-refractivity contribution in [3.8, 4) is 5.75 Å². The largest absolute Gasteiger partial charge is 0.488 e. The van der Waals surface area contributed by atoms with Gasteiger partial charge in [-0.3, -0.25) is 0 Å². The van der Waals surface area contributed by atoms with Crippen molar-refractivity contribution in [3.63, 3.8) is 0 Å². The number of ether oxygens (including phenoxy) is 2. The molecule has 0 radical (unpaired) electrons. The van der Waals surface area contributed by atoms with Crippen LogP contribution in [-0.4, -0.2) is 24.3 Å². The molecule has 1 aromatic carbocycles. The van der Waals surface area contributed by atoms with E-state index in [1.807, 2.05) is 6.92 Å². The number of nitrogen functional groups attached to an aromatic ring is 1. The maximum absolute atomic E-state index is 13.1. The number of alkyl carbamates (subject to hydrolysis) is 1. The minimum atomic E-state index is -0.526. The van der Waals surface area contributed by atoms with Gasteiger partial charge in [-0.15, -0.1) is 0 Å². The van der Waals surface area contributed by atoms with E-state index in [0.29, 0.717) is 24.4 Å². The first-order valence-electron chi connectivity index (χ1n) is 6.86. The van der Waals surface area contributed by atoms with Gasteiger partial charge < -0.3 is 20.5 Å². The number of carbonyl (C=O) groups excluding carboxylic acids is 1. The van der Waals surface area contributed by atoms with Crippen molar-refractivity contribution in [3.05, 3.63) is 24.0 Å². The number of nitrogens with two attached hydrogens (primary N) is 1. The fourth-order valence-electron chi connectivity index (χ4n) is 1.58. The van der Waals surface area contributed by atoms with Gasteiger partial charge >= 0.3 is 6.09 Å². The molecule has 1 unspecified atom stereocenters. The first-order valence-corrected chi connectivity index (χ1v) is 6.86. The number of benzene rings is 1. The van der Waals surface area contributed by atoms with Crippen LogP contribution >= 0.6 is 0 Å². The lowest BCUT2D eigenvalue weighted by Crippen LogP contribution is -2.34. The molecule has 21 heavy (non-hydrogen) atoms. The van der Waals surface area contributed by atoms with Crippen molar-refractivity contribution in [2.24, 2.45) is 0 Å². The van der Waals surface area contributed by atoms with Gasteiger partial charge in [0.1, 0.15) is 17.2 Å². The normalized spacial score (nSPS) is 12.6. The lowest BCUT2D eigenvalue weighted by atomic mass is 10.2. The van der Waals surface area contributed by atoms with Gasteiger partial charge in [0.25, 0.3) is 0 Å². The maximum atomic E-state index is 13.1. The van der Waals surface area contributed by atoms with Crippen LogP contribution < -0.4 is 15.8 Å². The Morgan fingerprint density at radius 1 is 1.43 bits per heavy atom. The molecule has 6 heteroatoms. The van der Waals surface area contributed by atoms with Gasteiger partial charge in [0, 0.05) is 19.0 Å². The SMILES string of the molecule is CC(CCNC(=O)OC(C)(C)C)Oc1cc(F)ccc1N. The van der Waals surface area contributed by atoms with Gasteiger partial charge in [0.2, 0.25) is 0 Å². The van der Waals surface area contributed by atoms with Crippen LogP contribution in [0.5, 0.6) is 5.75 Å². The molecule has 0 bridgehead atoms. The molecule has 1 rings (SSSR count). The minimum Gasteiger partial charge on any atom is -0.488 e. The fraction of sp³-hybridized carbons (Fsp3) is 0.533. The molecular weight excluding hydrogens is 275 g/mol. The molecule has 0 aromatic heterocycles. The predicted molar refractivity (Wildman–Crippen MR) is 79.8 cm³/mol. The topological polar surface area (TPSA) is 73.6 Å². The Morgan fingerprint density at radius 2 is 2.10 bits per heavy atom. The number of hydrogen-bond donors (Lipinski definition) is 2. The Labute approximate surface area is 124 Å². The summed E-state index contributed by atoms with van der Waals surface area (Å²) in [4.78, 5) is 11.5. The molecule has 0 aliphatic rings. The molecule has 0 saturated carbocycles. The van der Waals surface area contributed by atoms with E-state index in [-0.39, 0.29) is 6.10 Å². The summed E-state index contributed by atoms with van der Waals surface area (Å²) < 4.78 is 23.8. The Morgan fingerprint density at radius 3 is 2.71 bits per heavy atom. The van der Waals surface area contributed by atoms with Crippen LogP contribution in [0.3, 0.4) is 0 Å². The van der Waals surface area contributed by atoms with Crippen molar-refractivity contribution in [2.75, 3.05) is 12.3 Å². The van der Waals surface area contributed by atoms with Gasteiger partial charge in [-0.25, -0.2) is 9.18 Å². The summed E-state index contributed by atoms with van der Waals surface area (Å²) in [5.74, 6) is -0.0990. The standard InChI is InChI=1S/C15H23FN2O3/c1-10(7-8-18-14(19)21-15(2,3)4)20-13-9-11(16)5-6-12(13)17/h5-6,9-10H,7-8,17H2,1-4H3,(H,18,19). The average Bonchev–Trinajstić information content (AvgIpc) is 2.31. The van der Waals surface area contributed by atoms with Crippen LogP contribution in [0.1, 0.15) is 34.1 Å². The quantitative estimate of drug-likeness (QED) is 0.819. The van der Waals surface area contributed by atoms with E-state index < -0.39 is 17.5 Å². The summed E-state index contributed by atoms with van der Waals surface area (Å²) >= 11 is 0. The molecule has 0 fully saturated rings. The summed E-state index contributed by atoms with van der Waals surface area (Å²) in [5, 5.41) is 2.64. The van der Waals surface area contributed by atoms with Crippen LogP contribution in [0, 0.1) is 5.82 Å². The van der Waals surface area contributed by atoms with Gasteiger partial charge in [0.15, 0.2) is 0 Å². The molecule has 1 amide bonds. The molecule has 5 nitrogen and oxygen atoms in total. The van der Waals surface area contributed by atoms with Gasteiger partial charge in [-0.1, -0.05) is 0 Å². The first-order chi connectivity index (χ1) is 9.67. The van der Waals surface area contributed by atoms with Gasteiger partial charge in [-0.05, 0) is 39.8 Å². The summed E-state index contributed by atoms with van der Waals surface area (Å²) in [6, 6.07) is 3.97. The van der Waals surface area contributed by atoms with E-state index in [2.05, 4.69) is 5.32 Å². The first kappa shape index (κ1) is 17.1. The number of halogens is 1. The van der Waals surface area contributed by atoms with Crippen LogP contribution in [0.4, 0.5) is 14.9 Å². The van der Waals surface area contributed by atoms with Crippen molar-refractivity contribution in [1.82, 2.24) is 5.32 Å². The number of anilines is 1. The van der Waals surface area contributed by atoms with E-state index in [0.717, 1.165) is 0 Å². The van der Waals surface area contributed by atoms with Crippen LogP contribution in [-0.2, 0) is 4.74 Å². The summed E-state index contributed by atoms with van der Waals surface area (Å²) in [7, 11) is 0. The van der Waals surface area contributed by atoms with E-state index >= 15 is 0 Å². The number of amides is 1. The zero-order chi connectivity index (χ0) is 16.0. The van der Waals surface area contributed by atoms with Gasteiger partial charge in [-0.2, -0.15) is 0 Å². The lowest BCUT2D eigenvalue weighted by molar-refractivity contribution is 0.0522. The second-order valence-corrected chi connectivity index (χ2v) is 5.83. The molecule has 3 N–H and O–H groups in total. The summed E-state index contributed by atoms with van der Waals surface area (Å²) in [6.07, 6.45) is -0.140. The molecule has 1 aromatic rings. The van der Waals surface area contributed by atoms with Gasteiger partial charge in [0.05, 0.1) is 11.8 Å². The predicted octanol–water partition coefficient (Wildman–Crippen LogP) is 3.09. The number of rotatable bonds is 5. The van der Waals surface area contributed by atoms with E-state index in [1.165, 1.54) is 18.2 Å². The highest BCUT2D eigenvalue weighted by Crippen LogP contribution is 2.23. The molecule has 0 aliphatic carbocycles. The van der Waals surface area contributed by atoms with E-state index in [4.69, 9.17) is 15.2 Å². The van der Waals surface area contributed by atoms with Crippen molar-refractivity contribution in [2.45, 2.75) is 45.8 Å². The lowest BCUT2D eigenvalue weighted by Gasteiger charge is -2.20. The maximum Gasteiger partial charge on any atom is 0.407 e. The highest BCUT2D eigenvalue weighted by molar-refractivity contribution is 5.67. The third-order valence-electron chi connectivity index (χ3n) is 2.52. The molecular formula is C15H23FN2O3. The Hall–Kier alpha value is -1.98. The highest BCUT2D eigenvalue weighted by atomic mass is 19.1. The van der Waals surface area contributed by atoms with Crippen molar-refractivity contribution < 1.29 is 18.7 Å². The molecule has 0 aliphatic heterocycles. The second-order valence-electron chi connectivity index (χ2n) is 5.83. The van der Waals surface area contributed by atoms with Crippen molar-refractivity contribution in [1.29, 1.82) is 0 Å². The Kier molecular flexibility index (Phi) is 5.81. The van der Waals surface area contributed by atoms with E-state index in [1.54, 1.807) is 20.8 Å². The number of nitrogens with one attached hydrogen (secondary N) is 1. The van der Waals surface area contributed by atoms with Crippen LogP contribution in [0.15, 0.2) is 18.2 Å². The fourth-order valence-corrected chi connectivity index (χ4v) is 1.58. The molecule has 0 heterocycles. The van der Waals surface area contributed by atoms with Crippen molar-refractivity contribution >= 4 is 11.8 Å². The third kappa shape index (κ3) is 6.83. The third-order valence-corrected chi connectivity index (χ3v) is 2.52. The zero-order valence-electron chi connectivity index (χ0n) is 12.9. The molecule has 1 atom stereocenters. The van der Waals surface area contributed by atoms with Crippen LogP contribution in [0.25, 0.3) is 0 Å². The Bertz CT molecular complexity index is 486. The minimum absolute atomic E-state index is 0.218. The highest BCUT2D eigenvalue weighted by Gasteiger charge is 2.16. The average molecular weight is 298 g/mol. The smallest absolute Gasteiger partial charge is 0.407 e. The second kappa shape index (κ2) is 7.15. The molecule has 0 spiro atoms. The number of carbonyl (C=O) groups is 1. The molecule has 118 valence electrons. The monoisotopic (exact) mass is 298 g/mol. The van der Waals surface area contributed by atoms with Crippen LogP contribution in [0.2, 0.25) is 0 Å². The Balaban J connectivity index is 2.36. The summed E-state index contributed by atoms with van der Waals surface area (Å²) in [6.45, 7) is 7.60. The summed E-state index contributed by atoms with van der Waals surface area (Å²) in [5.41, 5.74) is 5.56. The molecule has 0 saturated heterocycles. The zero-order valence-corrected chi connectivity index (χ0v) is 12.9.